The molecule has 8 aromatic rings. The number of benzene rings is 8. The van der Waals surface area contributed by atoms with E-state index in [0.29, 0.717) is 0 Å². The molecule has 0 saturated carbocycles. The van der Waals surface area contributed by atoms with Crippen molar-refractivity contribution in [1.29, 1.82) is 0 Å². The minimum absolute atomic E-state index is 1.11. The monoisotopic (exact) mass is 573 g/mol. The van der Waals surface area contributed by atoms with Crippen molar-refractivity contribution >= 4 is 38.6 Å². The molecule has 8 rings (SSSR count). The Kier molecular flexibility index (Phi) is 6.90. The third-order valence-electron chi connectivity index (χ3n) is 8.65. The molecular weight excluding hydrogens is 542 g/mol. The van der Waals surface area contributed by atoms with E-state index in [2.05, 4.69) is 193 Å². The fourth-order valence-electron chi connectivity index (χ4n) is 6.41. The van der Waals surface area contributed by atoms with Crippen molar-refractivity contribution in [2.24, 2.45) is 0 Å². The van der Waals surface area contributed by atoms with Crippen molar-refractivity contribution < 1.29 is 0 Å². The van der Waals surface area contributed by atoms with Crippen LogP contribution in [-0.4, -0.2) is 0 Å². The average Bonchev–Trinajstić information content (AvgIpc) is 3.13. The number of anilines is 3. The molecule has 0 atom stereocenters. The molecular formula is C44H31N. The molecule has 45 heavy (non-hydrogen) atoms. The van der Waals surface area contributed by atoms with Crippen LogP contribution in [0.1, 0.15) is 0 Å². The predicted octanol–water partition coefficient (Wildman–Crippen LogP) is 12.5. The average molecular weight is 574 g/mol. The van der Waals surface area contributed by atoms with E-state index in [1.165, 1.54) is 54.9 Å². The lowest BCUT2D eigenvalue weighted by molar-refractivity contribution is 1.28. The molecule has 0 aliphatic carbocycles. The number of fused-ring (bicyclic) bond motifs is 3. The van der Waals surface area contributed by atoms with E-state index in [1.807, 2.05) is 0 Å². The highest BCUT2D eigenvalue weighted by Crippen LogP contribution is 2.42. The molecule has 0 spiro atoms. The summed E-state index contributed by atoms with van der Waals surface area (Å²) in [5.74, 6) is 0. The topological polar surface area (TPSA) is 3.24 Å². The quantitative estimate of drug-likeness (QED) is 0.179. The van der Waals surface area contributed by atoms with Crippen molar-refractivity contribution in [3.63, 3.8) is 0 Å². The highest BCUT2D eigenvalue weighted by molar-refractivity contribution is 6.09. The first-order valence-corrected chi connectivity index (χ1v) is 15.4. The summed E-state index contributed by atoms with van der Waals surface area (Å²) in [6.07, 6.45) is 0. The third kappa shape index (κ3) is 5.15. The van der Waals surface area contributed by atoms with E-state index in [4.69, 9.17) is 0 Å². The fourth-order valence-corrected chi connectivity index (χ4v) is 6.41. The van der Waals surface area contributed by atoms with Crippen LogP contribution in [0.15, 0.2) is 188 Å². The molecule has 0 aromatic heterocycles. The van der Waals surface area contributed by atoms with Gasteiger partial charge in [-0.15, -0.1) is 0 Å². The van der Waals surface area contributed by atoms with Crippen molar-refractivity contribution in [3.05, 3.63) is 188 Å². The van der Waals surface area contributed by atoms with Gasteiger partial charge in [0, 0.05) is 17.1 Å². The summed E-state index contributed by atoms with van der Waals surface area (Å²) < 4.78 is 0. The lowest BCUT2D eigenvalue weighted by atomic mass is 9.91. The smallest absolute Gasteiger partial charge is 0.0468 e. The van der Waals surface area contributed by atoms with Crippen LogP contribution in [0, 0.1) is 0 Å². The van der Waals surface area contributed by atoms with Gasteiger partial charge in [0.2, 0.25) is 0 Å². The van der Waals surface area contributed by atoms with Crippen molar-refractivity contribution in [2.45, 2.75) is 0 Å². The van der Waals surface area contributed by atoms with Crippen LogP contribution in [0.25, 0.3) is 54.9 Å². The Labute approximate surface area is 264 Å². The zero-order valence-corrected chi connectivity index (χ0v) is 24.8. The Morgan fingerprint density at radius 2 is 0.778 bits per heavy atom. The van der Waals surface area contributed by atoms with Gasteiger partial charge in [0.15, 0.2) is 0 Å². The Morgan fingerprint density at radius 3 is 1.51 bits per heavy atom. The zero-order valence-electron chi connectivity index (χ0n) is 24.8. The summed E-state index contributed by atoms with van der Waals surface area (Å²) >= 11 is 0. The summed E-state index contributed by atoms with van der Waals surface area (Å²) in [5.41, 5.74) is 10.6. The lowest BCUT2D eigenvalue weighted by Gasteiger charge is -2.27. The Bertz CT molecular complexity index is 2240. The summed E-state index contributed by atoms with van der Waals surface area (Å²) in [7, 11) is 0. The van der Waals surface area contributed by atoms with Gasteiger partial charge in [-0.2, -0.15) is 0 Å². The summed E-state index contributed by atoms with van der Waals surface area (Å²) in [4.78, 5) is 2.35. The molecule has 1 heteroatoms. The van der Waals surface area contributed by atoms with Crippen LogP contribution in [0.3, 0.4) is 0 Å². The maximum atomic E-state index is 2.37. The molecule has 0 aliphatic heterocycles. The van der Waals surface area contributed by atoms with Crippen LogP contribution >= 0.6 is 0 Å². The minimum Gasteiger partial charge on any atom is -0.310 e. The molecule has 0 unspecified atom stereocenters. The van der Waals surface area contributed by atoms with Crippen molar-refractivity contribution in [1.82, 2.24) is 0 Å². The molecule has 1 nitrogen and oxygen atoms in total. The van der Waals surface area contributed by atoms with Gasteiger partial charge >= 0.3 is 0 Å². The standard InChI is InChI=1S/C44H31N/c1-4-12-32(13-5-1)33-24-26-39(27-25-33)45(38-17-8-3-9-18-38)40-28-29-42(34-14-6-2-7-15-34)44(31-40)37-23-22-36-21-20-35-16-10-11-19-41(35)43(36)30-37/h1-31H. The normalized spacial score (nSPS) is 11.1. The SMILES string of the molecule is c1ccc(-c2ccc(N(c3ccccc3)c3ccc(-c4ccccc4)c(-c4ccc5ccc6ccccc6c5c4)c3)cc2)cc1. The van der Waals surface area contributed by atoms with E-state index in [0.717, 1.165) is 17.1 Å². The highest BCUT2D eigenvalue weighted by atomic mass is 15.1. The summed E-state index contributed by atoms with van der Waals surface area (Å²) in [6.45, 7) is 0. The van der Waals surface area contributed by atoms with Crippen LogP contribution < -0.4 is 4.90 Å². The first-order chi connectivity index (χ1) is 22.3. The molecule has 0 N–H and O–H groups in total. The van der Waals surface area contributed by atoms with Crippen molar-refractivity contribution in [3.8, 4) is 33.4 Å². The number of para-hydroxylation sites is 1. The number of nitrogens with zero attached hydrogens (tertiary/aromatic N) is 1. The second-order valence-corrected chi connectivity index (χ2v) is 11.4. The van der Waals surface area contributed by atoms with E-state index in [1.54, 1.807) is 0 Å². The molecule has 0 aliphatic rings. The fraction of sp³-hybridized carbons (Fsp3) is 0. The van der Waals surface area contributed by atoms with Gasteiger partial charge in [-0.3, -0.25) is 0 Å². The largest absolute Gasteiger partial charge is 0.310 e. The van der Waals surface area contributed by atoms with Crippen LogP contribution in [0.5, 0.6) is 0 Å². The molecule has 0 fully saturated rings. The van der Waals surface area contributed by atoms with Gasteiger partial charge in [0.1, 0.15) is 0 Å². The minimum atomic E-state index is 1.11. The van der Waals surface area contributed by atoms with E-state index in [9.17, 15) is 0 Å². The van der Waals surface area contributed by atoms with Gasteiger partial charge in [-0.05, 0) is 97.4 Å². The van der Waals surface area contributed by atoms with E-state index in [-0.39, 0.29) is 0 Å². The Morgan fingerprint density at radius 1 is 0.267 bits per heavy atom. The van der Waals surface area contributed by atoms with Crippen molar-refractivity contribution in [2.75, 3.05) is 4.90 Å². The van der Waals surface area contributed by atoms with Gasteiger partial charge in [-0.25, -0.2) is 0 Å². The second kappa shape index (κ2) is 11.6. The predicted molar refractivity (Wildman–Crippen MR) is 192 cm³/mol. The Hall–Kier alpha value is -5.92. The van der Waals surface area contributed by atoms with E-state index >= 15 is 0 Å². The maximum Gasteiger partial charge on any atom is 0.0468 e. The lowest BCUT2D eigenvalue weighted by Crippen LogP contribution is -2.10. The van der Waals surface area contributed by atoms with Gasteiger partial charge in [0.25, 0.3) is 0 Å². The van der Waals surface area contributed by atoms with Gasteiger partial charge in [0.05, 0.1) is 0 Å². The van der Waals surface area contributed by atoms with Crippen LogP contribution in [0.4, 0.5) is 17.1 Å². The Balaban J connectivity index is 1.32. The molecule has 0 bridgehead atoms. The molecule has 0 saturated heterocycles. The summed E-state index contributed by atoms with van der Waals surface area (Å²) in [5, 5.41) is 5.05. The third-order valence-corrected chi connectivity index (χ3v) is 8.65. The number of hydrogen-bond acceptors (Lipinski definition) is 1. The molecule has 0 amide bonds. The first kappa shape index (κ1) is 26.7. The molecule has 0 heterocycles. The maximum absolute atomic E-state index is 2.37. The second-order valence-electron chi connectivity index (χ2n) is 11.4. The van der Waals surface area contributed by atoms with Crippen LogP contribution in [0.2, 0.25) is 0 Å². The molecule has 212 valence electrons. The molecule has 0 radical (unpaired) electrons. The number of rotatable bonds is 6. The zero-order chi connectivity index (χ0) is 30.0. The summed E-state index contributed by atoms with van der Waals surface area (Å²) in [6, 6.07) is 67.7. The van der Waals surface area contributed by atoms with Gasteiger partial charge < -0.3 is 4.90 Å². The molecule has 8 aromatic carbocycles. The highest BCUT2D eigenvalue weighted by Gasteiger charge is 2.17. The van der Waals surface area contributed by atoms with E-state index < -0.39 is 0 Å². The van der Waals surface area contributed by atoms with Gasteiger partial charge in [-0.1, -0.05) is 146 Å². The van der Waals surface area contributed by atoms with Crippen LogP contribution in [-0.2, 0) is 0 Å². The first-order valence-electron chi connectivity index (χ1n) is 15.4. The number of hydrogen-bond donors (Lipinski definition) is 0.